The number of hydrogen-bond donors (Lipinski definition) is 2. The number of rotatable bonds is 6. The van der Waals surface area contributed by atoms with Crippen molar-refractivity contribution in [1.82, 2.24) is 15.5 Å². The number of hydrogen-bond acceptors (Lipinski definition) is 3. The zero-order valence-electron chi connectivity index (χ0n) is 16.3. The first-order chi connectivity index (χ1) is 13.6. The van der Waals surface area contributed by atoms with E-state index >= 15 is 0 Å². The molecule has 1 aromatic carbocycles. The van der Waals surface area contributed by atoms with Crippen LogP contribution in [-0.2, 0) is 16.1 Å². The van der Waals surface area contributed by atoms with E-state index in [0.29, 0.717) is 30.8 Å². The van der Waals surface area contributed by atoms with E-state index in [2.05, 4.69) is 10.6 Å². The highest BCUT2D eigenvalue weighted by molar-refractivity contribution is 6.31. The largest absolute Gasteiger partial charge is 0.367 e. The Bertz CT molecular complexity index is 656. The maximum atomic E-state index is 12.4. The molecule has 0 unspecified atom stereocenters. The van der Waals surface area contributed by atoms with Gasteiger partial charge in [0.25, 0.3) is 0 Å². The summed E-state index contributed by atoms with van der Waals surface area (Å²) in [6.07, 6.45) is 7.41. The molecule has 3 amide bonds. The van der Waals surface area contributed by atoms with Gasteiger partial charge in [0, 0.05) is 30.2 Å². The lowest BCUT2D eigenvalue weighted by atomic mass is 9.95. The molecule has 2 N–H and O–H groups in total. The number of carbonyl (C=O) groups is 2. The molecule has 1 saturated heterocycles. The number of piperidine rings is 1. The normalized spacial score (nSPS) is 18.7. The Morgan fingerprint density at radius 3 is 2.39 bits per heavy atom. The third kappa shape index (κ3) is 6.38. The van der Waals surface area contributed by atoms with E-state index in [1.165, 1.54) is 19.3 Å². The maximum absolute atomic E-state index is 12.4. The maximum Gasteiger partial charge on any atom is 0.317 e. The molecule has 0 atom stereocenters. The molecule has 7 heteroatoms. The minimum atomic E-state index is -0.128. The second kappa shape index (κ2) is 10.7. The van der Waals surface area contributed by atoms with Crippen LogP contribution in [-0.4, -0.2) is 48.6 Å². The highest BCUT2D eigenvalue weighted by Crippen LogP contribution is 2.18. The van der Waals surface area contributed by atoms with E-state index in [1.54, 1.807) is 6.07 Å². The molecule has 1 aliphatic heterocycles. The van der Waals surface area contributed by atoms with Crippen molar-refractivity contribution in [3.63, 3.8) is 0 Å². The van der Waals surface area contributed by atoms with Crippen LogP contribution in [0.3, 0.4) is 0 Å². The summed E-state index contributed by atoms with van der Waals surface area (Å²) in [5, 5.41) is 6.81. The van der Waals surface area contributed by atoms with Crippen molar-refractivity contribution in [2.75, 3.05) is 19.7 Å². The fraction of sp³-hybridized carbons (Fsp3) is 0.619. The zero-order valence-corrected chi connectivity index (χ0v) is 17.0. The lowest BCUT2D eigenvalue weighted by Crippen LogP contribution is -2.51. The molecule has 0 bridgehead atoms. The smallest absolute Gasteiger partial charge is 0.317 e. The molecule has 2 aliphatic rings. The molecule has 0 radical (unpaired) electrons. The van der Waals surface area contributed by atoms with Gasteiger partial charge in [0.15, 0.2) is 0 Å². The number of halogens is 1. The monoisotopic (exact) mass is 407 g/mol. The molecule has 6 nitrogen and oxygen atoms in total. The van der Waals surface area contributed by atoms with Gasteiger partial charge in [0.1, 0.15) is 6.61 Å². The molecule has 3 rings (SSSR count). The topological polar surface area (TPSA) is 70.7 Å². The Morgan fingerprint density at radius 2 is 1.68 bits per heavy atom. The van der Waals surface area contributed by atoms with E-state index in [1.807, 2.05) is 23.1 Å². The third-order valence-corrected chi connectivity index (χ3v) is 5.90. The van der Waals surface area contributed by atoms with E-state index in [0.717, 1.165) is 31.2 Å². The average Bonchev–Trinajstić information content (AvgIpc) is 2.71. The summed E-state index contributed by atoms with van der Waals surface area (Å²) in [5.41, 5.74) is 0.870. The molecular weight excluding hydrogens is 378 g/mol. The predicted octanol–water partition coefficient (Wildman–Crippen LogP) is 3.48. The van der Waals surface area contributed by atoms with Crippen molar-refractivity contribution < 1.29 is 14.3 Å². The second-order valence-corrected chi connectivity index (χ2v) is 8.10. The first-order valence-corrected chi connectivity index (χ1v) is 10.7. The Hall–Kier alpha value is -1.79. The van der Waals surface area contributed by atoms with Crippen LogP contribution in [0.25, 0.3) is 0 Å². The van der Waals surface area contributed by atoms with Crippen LogP contribution in [0.4, 0.5) is 4.79 Å². The SMILES string of the molecule is O=C(COCc1ccccc1Cl)NC1CCN(C(=O)NC2CCCCC2)CC1. The van der Waals surface area contributed by atoms with Gasteiger partial charge in [0.05, 0.1) is 6.61 Å². The Balaban J connectivity index is 1.31. The molecule has 1 saturated carbocycles. The molecule has 0 aromatic heterocycles. The summed E-state index contributed by atoms with van der Waals surface area (Å²) in [4.78, 5) is 26.4. The lowest BCUT2D eigenvalue weighted by Gasteiger charge is -2.34. The molecule has 2 fully saturated rings. The van der Waals surface area contributed by atoms with Gasteiger partial charge in [0.2, 0.25) is 5.91 Å². The predicted molar refractivity (Wildman–Crippen MR) is 109 cm³/mol. The first-order valence-electron chi connectivity index (χ1n) is 10.3. The minimum Gasteiger partial charge on any atom is -0.367 e. The second-order valence-electron chi connectivity index (χ2n) is 7.70. The molecule has 1 heterocycles. The van der Waals surface area contributed by atoms with Crippen LogP contribution in [0.1, 0.15) is 50.5 Å². The molecular formula is C21H30ClN3O3. The Labute approximate surface area is 171 Å². The quantitative estimate of drug-likeness (QED) is 0.758. The highest BCUT2D eigenvalue weighted by Gasteiger charge is 2.25. The van der Waals surface area contributed by atoms with Crippen molar-refractivity contribution in [2.24, 2.45) is 0 Å². The summed E-state index contributed by atoms with van der Waals surface area (Å²) in [7, 11) is 0. The number of carbonyl (C=O) groups excluding carboxylic acids is 2. The van der Waals surface area contributed by atoms with E-state index in [9.17, 15) is 9.59 Å². The van der Waals surface area contributed by atoms with Crippen molar-refractivity contribution in [1.29, 1.82) is 0 Å². The summed E-state index contributed by atoms with van der Waals surface area (Å²) < 4.78 is 5.48. The number of likely N-dealkylation sites (tertiary alicyclic amines) is 1. The van der Waals surface area contributed by atoms with Crippen LogP contribution in [0, 0.1) is 0 Å². The average molecular weight is 408 g/mol. The van der Waals surface area contributed by atoms with Crippen molar-refractivity contribution in [3.8, 4) is 0 Å². The number of ether oxygens (including phenoxy) is 1. The van der Waals surface area contributed by atoms with Crippen molar-refractivity contribution in [2.45, 2.75) is 63.6 Å². The summed E-state index contributed by atoms with van der Waals surface area (Å²) in [6, 6.07) is 7.90. The number of amides is 3. The fourth-order valence-electron chi connectivity index (χ4n) is 3.88. The summed E-state index contributed by atoms with van der Waals surface area (Å²) in [6.45, 7) is 1.66. The van der Waals surface area contributed by atoms with Crippen LogP contribution < -0.4 is 10.6 Å². The van der Waals surface area contributed by atoms with Crippen LogP contribution in [0.2, 0.25) is 5.02 Å². The Morgan fingerprint density at radius 1 is 1.00 bits per heavy atom. The molecule has 0 spiro atoms. The van der Waals surface area contributed by atoms with Crippen LogP contribution in [0.5, 0.6) is 0 Å². The standard InChI is InChI=1S/C21H30ClN3O3/c22-19-9-5-4-6-16(19)14-28-15-20(26)23-18-10-12-25(13-11-18)21(27)24-17-7-2-1-3-8-17/h4-6,9,17-18H,1-3,7-8,10-15H2,(H,23,26)(H,24,27). The van der Waals surface area contributed by atoms with Gasteiger partial charge < -0.3 is 20.3 Å². The van der Waals surface area contributed by atoms with Crippen LogP contribution >= 0.6 is 11.6 Å². The summed E-state index contributed by atoms with van der Waals surface area (Å²) in [5.74, 6) is -0.128. The van der Waals surface area contributed by atoms with E-state index in [-0.39, 0.29) is 24.6 Å². The van der Waals surface area contributed by atoms with E-state index in [4.69, 9.17) is 16.3 Å². The van der Waals surface area contributed by atoms with Gasteiger partial charge in [-0.15, -0.1) is 0 Å². The van der Waals surface area contributed by atoms with E-state index < -0.39 is 0 Å². The van der Waals surface area contributed by atoms with Gasteiger partial charge in [-0.05, 0) is 37.3 Å². The van der Waals surface area contributed by atoms with Gasteiger partial charge in [-0.25, -0.2) is 4.79 Å². The van der Waals surface area contributed by atoms with Gasteiger partial charge in [-0.2, -0.15) is 0 Å². The van der Waals surface area contributed by atoms with Gasteiger partial charge in [-0.1, -0.05) is 49.1 Å². The van der Waals surface area contributed by atoms with Gasteiger partial charge >= 0.3 is 6.03 Å². The fourth-order valence-corrected chi connectivity index (χ4v) is 4.07. The number of urea groups is 1. The molecule has 28 heavy (non-hydrogen) atoms. The summed E-state index contributed by atoms with van der Waals surface area (Å²) >= 11 is 6.08. The first kappa shape index (κ1) is 20.9. The van der Waals surface area contributed by atoms with Crippen LogP contribution in [0.15, 0.2) is 24.3 Å². The van der Waals surface area contributed by atoms with Crippen molar-refractivity contribution >= 4 is 23.5 Å². The minimum absolute atomic E-state index is 0.00754. The highest BCUT2D eigenvalue weighted by atomic mass is 35.5. The number of benzene rings is 1. The molecule has 154 valence electrons. The molecule has 1 aliphatic carbocycles. The molecule has 1 aromatic rings. The van der Waals surface area contributed by atoms with Crippen molar-refractivity contribution in [3.05, 3.63) is 34.9 Å². The lowest BCUT2D eigenvalue weighted by molar-refractivity contribution is -0.127. The number of nitrogens with one attached hydrogen (secondary N) is 2. The third-order valence-electron chi connectivity index (χ3n) is 5.53. The Kier molecular flexibility index (Phi) is 7.98. The zero-order chi connectivity index (χ0) is 19.8. The van der Waals surface area contributed by atoms with Gasteiger partial charge in [-0.3, -0.25) is 4.79 Å². The number of nitrogens with zero attached hydrogens (tertiary/aromatic N) is 1.